The molecule has 0 amide bonds. The third-order valence-electron chi connectivity index (χ3n) is 3.66. The zero-order chi connectivity index (χ0) is 14.7. The molecular weight excluding hydrogens is 264 g/mol. The van der Waals surface area contributed by atoms with E-state index in [0.717, 1.165) is 11.1 Å². The number of carbonyl (C=O) groups is 1. The van der Waals surface area contributed by atoms with E-state index >= 15 is 0 Å². The van der Waals surface area contributed by atoms with Crippen molar-refractivity contribution >= 4 is 11.7 Å². The number of ether oxygens (including phenoxy) is 1. The van der Waals surface area contributed by atoms with Gasteiger partial charge in [0.2, 0.25) is 0 Å². The van der Waals surface area contributed by atoms with Crippen molar-refractivity contribution in [1.29, 1.82) is 0 Å². The van der Waals surface area contributed by atoms with E-state index < -0.39 is 5.97 Å². The van der Waals surface area contributed by atoms with Crippen LogP contribution >= 0.6 is 0 Å². The first-order valence-corrected chi connectivity index (χ1v) is 6.82. The van der Waals surface area contributed by atoms with Gasteiger partial charge in [-0.25, -0.2) is 4.79 Å². The molecule has 0 spiro atoms. The molecule has 0 fully saturated rings. The standard InChI is InChI=1S/C17H16N2O2/c1-21-17(20)16-14(12-8-4-2-5-9-12)15(18-19-16)13-10-6-3-7-11-13/h2-11,14-15,18H,1H3. The smallest absolute Gasteiger partial charge is 0.354 e. The first kappa shape index (κ1) is 13.4. The largest absolute Gasteiger partial charge is 0.464 e. The minimum atomic E-state index is -0.394. The van der Waals surface area contributed by atoms with Crippen LogP contribution in [0.5, 0.6) is 0 Å². The Kier molecular flexibility index (Phi) is 3.69. The summed E-state index contributed by atoms with van der Waals surface area (Å²) in [4.78, 5) is 12.0. The van der Waals surface area contributed by atoms with Gasteiger partial charge in [0.05, 0.1) is 19.1 Å². The van der Waals surface area contributed by atoms with Gasteiger partial charge in [-0.05, 0) is 11.1 Å². The highest BCUT2D eigenvalue weighted by Gasteiger charge is 2.38. The number of esters is 1. The number of hydrogen-bond donors (Lipinski definition) is 1. The van der Waals surface area contributed by atoms with Crippen molar-refractivity contribution in [2.45, 2.75) is 12.0 Å². The average Bonchev–Trinajstić information content (AvgIpc) is 3.00. The Bertz CT molecular complexity index is 653. The molecule has 3 rings (SSSR count). The Morgan fingerprint density at radius 3 is 2.14 bits per heavy atom. The molecule has 0 radical (unpaired) electrons. The van der Waals surface area contributed by atoms with Gasteiger partial charge in [-0.3, -0.25) is 0 Å². The number of methoxy groups -OCH3 is 1. The monoisotopic (exact) mass is 280 g/mol. The zero-order valence-corrected chi connectivity index (χ0v) is 11.7. The summed E-state index contributed by atoms with van der Waals surface area (Å²) in [5.74, 6) is -0.546. The molecule has 1 aliphatic heterocycles. The summed E-state index contributed by atoms with van der Waals surface area (Å²) in [6.07, 6.45) is 0. The van der Waals surface area contributed by atoms with Crippen molar-refractivity contribution in [2.75, 3.05) is 7.11 Å². The van der Waals surface area contributed by atoms with Crippen LogP contribution in [0.4, 0.5) is 0 Å². The topological polar surface area (TPSA) is 50.7 Å². The van der Waals surface area contributed by atoms with E-state index in [2.05, 4.69) is 10.5 Å². The molecule has 2 atom stereocenters. The molecule has 4 heteroatoms. The summed E-state index contributed by atoms with van der Waals surface area (Å²) < 4.78 is 4.86. The summed E-state index contributed by atoms with van der Waals surface area (Å²) in [5, 5.41) is 4.21. The van der Waals surface area contributed by atoms with Crippen LogP contribution < -0.4 is 5.43 Å². The van der Waals surface area contributed by atoms with Crippen molar-refractivity contribution < 1.29 is 9.53 Å². The minimum absolute atomic E-state index is 0.0669. The zero-order valence-electron chi connectivity index (χ0n) is 11.7. The summed E-state index contributed by atoms with van der Waals surface area (Å²) in [7, 11) is 1.38. The van der Waals surface area contributed by atoms with E-state index in [1.54, 1.807) is 0 Å². The van der Waals surface area contributed by atoms with Crippen LogP contribution in [0.3, 0.4) is 0 Å². The van der Waals surface area contributed by atoms with E-state index in [1.807, 2.05) is 60.7 Å². The van der Waals surface area contributed by atoms with Crippen molar-refractivity contribution in [3.63, 3.8) is 0 Å². The summed E-state index contributed by atoms with van der Waals surface area (Å²) in [5.41, 5.74) is 5.62. The molecular formula is C17H16N2O2. The molecule has 2 aromatic carbocycles. The number of rotatable bonds is 3. The third-order valence-corrected chi connectivity index (χ3v) is 3.66. The van der Waals surface area contributed by atoms with Crippen molar-refractivity contribution in [3.8, 4) is 0 Å². The second-order valence-corrected chi connectivity index (χ2v) is 4.89. The molecule has 21 heavy (non-hydrogen) atoms. The molecule has 4 nitrogen and oxygen atoms in total. The lowest BCUT2D eigenvalue weighted by Gasteiger charge is -2.20. The Hall–Kier alpha value is -2.62. The number of nitrogens with zero attached hydrogens (tertiary/aromatic N) is 1. The van der Waals surface area contributed by atoms with Gasteiger partial charge < -0.3 is 10.2 Å². The highest BCUT2D eigenvalue weighted by Crippen LogP contribution is 2.36. The third kappa shape index (κ3) is 2.52. The lowest BCUT2D eigenvalue weighted by atomic mass is 9.85. The fourth-order valence-electron chi connectivity index (χ4n) is 2.66. The Labute approximate surface area is 123 Å². The molecule has 1 N–H and O–H groups in total. The van der Waals surface area contributed by atoms with Gasteiger partial charge in [0.15, 0.2) is 5.71 Å². The predicted molar refractivity (Wildman–Crippen MR) is 81.0 cm³/mol. The molecule has 0 aromatic heterocycles. The van der Waals surface area contributed by atoms with E-state index in [0.29, 0.717) is 5.71 Å². The van der Waals surface area contributed by atoms with Crippen molar-refractivity contribution in [1.82, 2.24) is 5.43 Å². The summed E-state index contributed by atoms with van der Waals surface area (Å²) in [6.45, 7) is 0. The van der Waals surface area contributed by atoms with Gasteiger partial charge in [0, 0.05) is 0 Å². The highest BCUT2D eigenvalue weighted by molar-refractivity contribution is 6.39. The number of hydrogen-bond acceptors (Lipinski definition) is 4. The predicted octanol–water partition coefficient (Wildman–Crippen LogP) is 2.64. The lowest BCUT2D eigenvalue weighted by Crippen LogP contribution is -2.25. The number of hydrazone groups is 1. The molecule has 0 saturated heterocycles. The Balaban J connectivity index is 2.01. The molecule has 2 aromatic rings. The quantitative estimate of drug-likeness (QED) is 0.879. The molecule has 0 aliphatic carbocycles. The average molecular weight is 280 g/mol. The molecule has 1 heterocycles. The van der Waals surface area contributed by atoms with Crippen LogP contribution in [0, 0.1) is 0 Å². The van der Waals surface area contributed by atoms with Crippen LogP contribution in [-0.2, 0) is 9.53 Å². The Morgan fingerprint density at radius 1 is 1.00 bits per heavy atom. The fourth-order valence-corrected chi connectivity index (χ4v) is 2.66. The molecule has 0 saturated carbocycles. The fraction of sp³-hybridized carbons (Fsp3) is 0.176. The van der Waals surface area contributed by atoms with Gasteiger partial charge in [0.25, 0.3) is 0 Å². The van der Waals surface area contributed by atoms with E-state index in [1.165, 1.54) is 7.11 Å². The normalized spacial score (nSPS) is 20.5. The first-order chi connectivity index (χ1) is 10.3. The summed E-state index contributed by atoms with van der Waals surface area (Å²) in [6, 6.07) is 19.8. The van der Waals surface area contributed by atoms with Crippen LogP contribution in [0.2, 0.25) is 0 Å². The molecule has 0 bridgehead atoms. The van der Waals surface area contributed by atoms with Crippen LogP contribution in [-0.4, -0.2) is 18.8 Å². The second-order valence-electron chi connectivity index (χ2n) is 4.89. The van der Waals surface area contributed by atoms with Gasteiger partial charge in [0.1, 0.15) is 0 Å². The van der Waals surface area contributed by atoms with Crippen molar-refractivity contribution in [2.24, 2.45) is 5.10 Å². The maximum absolute atomic E-state index is 12.0. The van der Waals surface area contributed by atoms with E-state index in [9.17, 15) is 4.79 Å². The molecule has 1 aliphatic rings. The van der Waals surface area contributed by atoms with Gasteiger partial charge in [-0.2, -0.15) is 5.10 Å². The number of nitrogens with one attached hydrogen (secondary N) is 1. The van der Waals surface area contributed by atoms with E-state index in [4.69, 9.17) is 4.74 Å². The Morgan fingerprint density at radius 2 is 1.57 bits per heavy atom. The maximum atomic E-state index is 12.0. The molecule has 2 unspecified atom stereocenters. The van der Waals surface area contributed by atoms with Crippen LogP contribution in [0.1, 0.15) is 23.1 Å². The first-order valence-electron chi connectivity index (χ1n) is 6.82. The van der Waals surface area contributed by atoms with E-state index in [-0.39, 0.29) is 12.0 Å². The van der Waals surface area contributed by atoms with Gasteiger partial charge >= 0.3 is 5.97 Å². The van der Waals surface area contributed by atoms with Gasteiger partial charge in [-0.1, -0.05) is 60.7 Å². The molecule has 106 valence electrons. The minimum Gasteiger partial charge on any atom is -0.464 e. The SMILES string of the molecule is COC(=O)C1=NNC(c2ccccc2)C1c1ccccc1. The second kappa shape index (κ2) is 5.79. The van der Waals surface area contributed by atoms with Crippen LogP contribution in [0.25, 0.3) is 0 Å². The lowest BCUT2D eigenvalue weighted by molar-refractivity contribution is -0.132. The van der Waals surface area contributed by atoms with Gasteiger partial charge in [-0.15, -0.1) is 0 Å². The number of benzene rings is 2. The summed E-state index contributed by atoms with van der Waals surface area (Å²) >= 11 is 0. The maximum Gasteiger partial charge on any atom is 0.354 e. The number of carbonyl (C=O) groups excluding carboxylic acids is 1. The van der Waals surface area contributed by atoms with Crippen molar-refractivity contribution in [3.05, 3.63) is 71.8 Å². The highest BCUT2D eigenvalue weighted by atomic mass is 16.5. The van der Waals surface area contributed by atoms with Crippen LogP contribution in [0.15, 0.2) is 65.8 Å².